The lowest BCUT2D eigenvalue weighted by atomic mass is 10.1. The molecule has 0 fully saturated rings. The van der Waals surface area contributed by atoms with Crippen LogP contribution in [0.5, 0.6) is 0 Å². The van der Waals surface area contributed by atoms with E-state index in [0.29, 0.717) is 24.4 Å². The van der Waals surface area contributed by atoms with E-state index >= 15 is 0 Å². The zero-order valence-corrected chi connectivity index (χ0v) is 14.9. The summed E-state index contributed by atoms with van der Waals surface area (Å²) < 4.78 is 16.2. The van der Waals surface area contributed by atoms with Crippen LogP contribution in [0.3, 0.4) is 0 Å². The molecular formula is C20H22FN3O2. The summed E-state index contributed by atoms with van der Waals surface area (Å²) in [5.74, 6) is -1.25. The summed E-state index contributed by atoms with van der Waals surface area (Å²) in [6, 6.07) is 14.7. The van der Waals surface area contributed by atoms with Crippen molar-refractivity contribution >= 4 is 11.6 Å². The highest BCUT2D eigenvalue weighted by Crippen LogP contribution is 2.18. The molecule has 0 radical (unpaired) electrons. The van der Waals surface area contributed by atoms with Gasteiger partial charge >= 0.3 is 0 Å². The number of aryl methyl sites for hydroxylation is 1. The zero-order chi connectivity index (χ0) is 18.7. The number of nitrogens with zero attached hydrogens (tertiary/aromatic N) is 3. The number of aliphatic hydroxyl groups excluding tert-OH is 1. The van der Waals surface area contributed by atoms with Crippen LogP contribution in [0.15, 0.2) is 48.5 Å². The van der Waals surface area contributed by atoms with Gasteiger partial charge in [-0.2, -0.15) is 4.39 Å². The first-order valence-corrected chi connectivity index (χ1v) is 8.59. The second-order valence-electron chi connectivity index (χ2n) is 6.57. The average molecular weight is 355 g/mol. The Balaban J connectivity index is 1.96. The van der Waals surface area contributed by atoms with E-state index in [0.717, 1.165) is 5.56 Å². The number of carbonyl (C=O) groups is 1. The van der Waals surface area contributed by atoms with Gasteiger partial charge in [-0.15, -0.1) is 0 Å². The summed E-state index contributed by atoms with van der Waals surface area (Å²) in [6.45, 7) is 4.20. The van der Waals surface area contributed by atoms with Crippen molar-refractivity contribution in [2.75, 3.05) is 13.2 Å². The Hall–Kier alpha value is -2.73. The predicted octanol–water partition coefficient (Wildman–Crippen LogP) is 3.05. The van der Waals surface area contributed by atoms with Gasteiger partial charge in [0.2, 0.25) is 5.95 Å². The van der Waals surface area contributed by atoms with Crippen LogP contribution in [0, 0.1) is 18.8 Å². The van der Waals surface area contributed by atoms with Crippen LogP contribution >= 0.6 is 0 Å². The molecule has 1 atom stereocenters. The van der Waals surface area contributed by atoms with Gasteiger partial charge in [0.15, 0.2) is 5.69 Å². The summed E-state index contributed by atoms with van der Waals surface area (Å²) in [5, 5.41) is 9.38. The molecule has 136 valence electrons. The molecule has 1 amide bonds. The molecule has 0 spiro atoms. The summed E-state index contributed by atoms with van der Waals surface area (Å²) in [7, 11) is 0. The molecule has 2 heterocycles. The van der Waals surface area contributed by atoms with Crippen molar-refractivity contribution in [3.63, 3.8) is 0 Å². The molecule has 0 aliphatic carbocycles. The molecule has 2 aromatic heterocycles. The lowest BCUT2D eigenvalue weighted by Gasteiger charge is -2.24. The molecule has 0 aliphatic heterocycles. The van der Waals surface area contributed by atoms with E-state index in [1.54, 1.807) is 25.1 Å². The van der Waals surface area contributed by atoms with Crippen LogP contribution in [0.2, 0.25) is 0 Å². The van der Waals surface area contributed by atoms with Crippen LogP contribution in [0.25, 0.3) is 5.65 Å². The van der Waals surface area contributed by atoms with Gasteiger partial charge in [-0.3, -0.25) is 9.20 Å². The van der Waals surface area contributed by atoms with E-state index < -0.39 is 11.9 Å². The third-order valence-electron chi connectivity index (χ3n) is 4.33. The number of benzene rings is 1. The number of pyridine rings is 1. The Labute approximate surface area is 151 Å². The van der Waals surface area contributed by atoms with E-state index in [1.807, 2.05) is 37.3 Å². The summed E-state index contributed by atoms with van der Waals surface area (Å²) in [6.07, 6.45) is 0. The number of hydrogen-bond acceptors (Lipinski definition) is 3. The Morgan fingerprint density at radius 1 is 1.23 bits per heavy atom. The van der Waals surface area contributed by atoms with Crippen LogP contribution < -0.4 is 0 Å². The molecule has 0 unspecified atom stereocenters. The van der Waals surface area contributed by atoms with Crippen LogP contribution in [0.4, 0.5) is 4.39 Å². The zero-order valence-electron chi connectivity index (χ0n) is 14.9. The Morgan fingerprint density at radius 2 is 1.96 bits per heavy atom. The standard InChI is InChI=1S/C20H22FN3O2/c1-14(13-25)11-23(12-16-8-4-3-5-9-16)20(26)18-19(21)24-15(2)7-6-10-17(24)22-18/h3-10,14,25H,11-13H2,1-2H3/t14-/m1/s1. The van der Waals surface area contributed by atoms with Crippen molar-refractivity contribution in [1.82, 2.24) is 14.3 Å². The molecule has 0 aliphatic rings. The summed E-state index contributed by atoms with van der Waals surface area (Å²) >= 11 is 0. The van der Waals surface area contributed by atoms with Gasteiger partial charge < -0.3 is 10.0 Å². The smallest absolute Gasteiger partial charge is 0.277 e. The van der Waals surface area contributed by atoms with Crippen molar-refractivity contribution in [3.8, 4) is 0 Å². The molecule has 5 nitrogen and oxygen atoms in total. The van der Waals surface area contributed by atoms with Crippen molar-refractivity contribution in [3.05, 3.63) is 71.4 Å². The van der Waals surface area contributed by atoms with E-state index in [9.17, 15) is 14.3 Å². The number of aliphatic hydroxyl groups is 1. The molecule has 1 aromatic carbocycles. The minimum Gasteiger partial charge on any atom is -0.396 e. The maximum absolute atomic E-state index is 14.9. The second-order valence-corrected chi connectivity index (χ2v) is 6.57. The monoisotopic (exact) mass is 355 g/mol. The lowest BCUT2D eigenvalue weighted by Crippen LogP contribution is -2.36. The van der Waals surface area contributed by atoms with Gasteiger partial charge in [0.25, 0.3) is 5.91 Å². The molecule has 0 bridgehead atoms. The Bertz CT molecular complexity index is 908. The third kappa shape index (κ3) is 3.60. The quantitative estimate of drug-likeness (QED) is 0.739. The minimum absolute atomic E-state index is 0.0503. The van der Waals surface area contributed by atoms with Gasteiger partial charge in [-0.1, -0.05) is 43.3 Å². The number of imidazole rings is 1. The van der Waals surface area contributed by atoms with E-state index in [-0.39, 0.29) is 18.2 Å². The highest BCUT2D eigenvalue weighted by atomic mass is 19.1. The van der Waals surface area contributed by atoms with Crippen LogP contribution in [-0.2, 0) is 6.54 Å². The maximum Gasteiger partial charge on any atom is 0.277 e. The normalized spacial score (nSPS) is 12.3. The molecule has 3 rings (SSSR count). The topological polar surface area (TPSA) is 57.8 Å². The lowest BCUT2D eigenvalue weighted by molar-refractivity contribution is 0.0684. The first kappa shape index (κ1) is 18.1. The van der Waals surface area contributed by atoms with Gasteiger partial charge in [-0.25, -0.2) is 4.98 Å². The second kappa shape index (κ2) is 7.66. The molecule has 0 saturated carbocycles. The number of amides is 1. The third-order valence-corrected chi connectivity index (χ3v) is 4.33. The summed E-state index contributed by atoms with van der Waals surface area (Å²) in [5.41, 5.74) is 1.82. The van der Waals surface area contributed by atoms with Gasteiger partial charge in [0, 0.05) is 25.4 Å². The largest absolute Gasteiger partial charge is 0.396 e. The SMILES string of the molecule is Cc1cccc2nc(C(=O)N(Cc3ccccc3)C[C@@H](C)CO)c(F)n12. The molecule has 0 saturated heterocycles. The summed E-state index contributed by atoms with van der Waals surface area (Å²) in [4.78, 5) is 18.8. The van der Waals surface area contributed by atoms with Crippen LogP contribution in [0.1, 0.15) is 28.7 Å². The average Bonchev–Trinajstić information content (AvgIpc) is 2.99. The highest BCUT2D eigenvalue weighted by Gasteiger charge is 2.26. The van der Waals surface area contributed by atoms with E-state index in [2.05, 4.69) is 4.98 Å². The van der Waals surface area contributed by atoms with E-state index in [1.165, 1.54) is 9.30 Å². The number of fused-ring (bicyclic) bond motifs is 1. The first-order valence-electron chi connectivity index (χ1n) is 8.59. The fraction of sp³-hybridized carbons (Fsp3) is 0.300. The van der Waals surface area contributed by atoms with Gasteiger partial charge in [-0.05, 0) is 30.5 Å². The number of halogens is 1. The van der Waals surface area contributed by atoms with Crippen molar-refractivity contribution in [2.24, 2.45) is 5.92 Å². The molecule has 3 aromatic rings. The predicted molar refractivity (Wildman–Crippen MR) is 97.3 cm³/mol. The van der Waals surface area contributed by atoms with Crippen molar-refractivity contribution in [2.45, 2.75) is 20.4 Å². The fourth-order valence-corrected chi connectivity index (χ4v) is 2.96. The van der Waals surface area contributed by atoms with Gasteiger partial charge in [0.05, 0.1) is 0 Å². The molecule has 6 heteroatoms. The first-order chi connectivity index (χ1) is 12.5. The van der Waals surface area contributed by atoms with Gasteiger partial charge in [0.1, 0.15) is 5.65 Å². The molecular weight excluding hydrogens is 333 g/mol. The van der Waals surface area contributed by atoms with Crippen LogP contribution in [-0.4, -0.2) is 38.4 Å². The number of aromatic nitrogens is 2. The Morgan fingerprint density at radius 3 is 2.62 bits per heavy atom. The highest BCUT2D eigenvalue weighted by molar-refractivity contribution is 5.93. The maximum atomic E-state index is 14.9. The minimum atomic E-state index is -0.655. The van der Waals surface area contributed by atoms with Crippen molar-refractivity contribution in [1.29, 1.82) is 0 Å². The number of carbonyl (C=O) groups excluding carboxylic acids is 1. The van der Waals surface area contributed by atoms with Crippen molar-refractivity contribution < 1.29 is 14.3 Å². The number of rotatable bonds is 6. The fourth-order valence-electron chi connectivity index (χ4n) is 2.96. The van der Waals surface area contributed by atoms with E-state index in [4.69, 9.17) is 0 Å². The molecule has 1 N–H and O–H groups in total. The number of hydrogen-bond donors (Lipinski definition) is 1. The Kier molecular flexibility index (Phi) is 5.32. The molecule has 26 heavy (non-hydrogen) atoms.